The highest BCUT2D eigenvalue weighted by Gasteiger charge is 2.24. The number of nitro groups is 2. The minimum Gasteiger partial charge on any atom is -0.377 e. The molecule has 12 heteroatoms. The number of benzene rings is 3. The molecule has 38 heavy (non-hydrogen) atoms. The minimum atomic E-state index is -0.829. The van der Waals surface area contributed by atoms with Gasteiger partial charge in [0.15, 0.2) is 0 Å². The van der Waals surface area contributed by atoms with Crippen LogP contribution < -0.4 is 10.2 Å². The van der Waals surface area contributed by atoms with Crippen LogP contribution in [0.5, 0.6) is 0 Å². The second-order valence-corrected chi connectivity index (χ2v) is 9.67. The molecule has 0 aliphatic carbocycles. The van der Waals surface area contributed by atoms with E-state index in [-0.39, 0.29) is 22.6 Å². The Bertz CT molecular complexity index is 1300. The van der Waals surface area contributed by atoms with E-state index < -0.39 is 16.4 Å². The van der Waals surface area contributed by atoms with Crippen molar-refractivity contribution in [3.05, 3.63) is 103 Å². The number of carbonyl (C=O) groups excluding carboxylic acids is 1. The molecule has 1 N–H and O–H groups in total. The highest BCUT2D eigenvalue weighted by atomic mass is 79.9. The zero-order valence-electron chi connectivity index (χ0n) is 20.8. The molecule has 0 atom stereocenters. The standard InChI is InChI=1S/C20H24N4O3.C6H3BrFNO2/c1-15(2)21-18-14-17(8-9-19(18)24(26)27)22-10-12-23(13-11-22)20(25)16-6-4-3-5-7-16;7-4-1-2-6(9(10)11)5(8)3-4/h3-9,14-15,21H,10-13H2,1-2H3;1-3H. The predicted molar refractivity (Wildman–Crippen MR) is 147 cm³/mol. The molecule has 1 saturated heterocycles. The Hall–Kier alpha value is -4.06. The number of anilines is 2. The van der Waals surface area contributed by atoms with Crippen molar-refractivity contribution >= 4 is 44.6 Å². The van der Waals surface area contributed by atoms with Crippen molar-refractivity contribution in [3.8, 4) is 0 Å². The Labute approximate surface area is 227 Å². The first-order valence-corrected chi connectivity index (χ1v) is 12.6. The van der Waals surface area contributed by atoms with E-state index in [1.165, 1.54) is 6.07 Å². The van der Waals surface area contributed by atoms with Gasteiger partial charge in [0.2, 0.25) is 5.82 Å². The van der Waals surface area contributed by atoms with E-state index in [0.717, 1.165) is 17.8 Å². The van der Waals surface area contributed by atoms with Crippen molar-refractivity contribution in [1.29, 1.82) is 0 Å². The molecule has 3 aromatic rings. The van der Waals surface area contributed by atoms with Crippen LogP contribution in [0.2, 0.25) is 0 Å². The van der Waals surface area contributed by atoms with Crippen LogP contribution in [-0.4, -0.2) is 52.9 Å². The maximum absolute atomic E-state index is 12.6. The van der Waals surface area contributed by atoms with E-state index in [0.29, 0.717) is 41.9 Å². The molecule has 3 aromatic carbocycles. The summed E-state index contributed by atoms with van der Waals surface area (Å²) in [6.07, 6.45) is 0. The molecule has 10 nitrogen and oxygen atoms in total. The van der Waals surface area contributed by atoms with E-state index in [1.807, 2.05) is 55.1 Å². The van der Waals surface area contributed by atoms with Crippen molar-refractivity contribution in [2.75, 3.05) is 36.4 Å². The summed E-state index contributed by atoms with van der Waals surface area (Å²) in [7, 11) is 0. The molecular formula is C26H27BrFN5O5. The van der Waals surface area contributed by atoms with Gasteiger partial charge in [-0.15, -0.1) is 0 Å². The number of hydrogen-bond acceptors (Lipinski definition) is 7. The molecule has 1 fully saturated rings. The number of nitrogens with one attached hydrogen (secondary N) is 1. The highest BCUT2D eigenvalue weighted by Crippen LogP contribution is 2.30. The summed E-state index contributed by atoms with van der Waals surface area (Å²) in [4.78, 5) is 36.8. The number of nitro benzene ring substituents is 2. The van der Waals surface area contributed by atoms with E-state index in [4.69, 9.17) is 0 Å². The Kier molecular flexibility index (Phi) is 9.72. The number of amides is 1. The molecule has 0 aromatic heterocycles. The van der Waals surface area contributed by atoms with Crippen LogP contribution >= 0.6 is 15.9 Å². The molecule has 0 radical (unpaired) electrons. The number of nitrogens with zero attached hydrogens (tertiary/aromatic N) is 4. The lowest BCUT2D eigenvalue weighted by Crippen LogP contribution is -2.48. The van der Waals surface area contributed by atoms with Gasteiger partial charge in [0.1, 0.15) is 5.69 Å². The summed E-state index contributed by atoms with van der Waals surface area (Å²) in [5, 5.41) is 24.5. The average Bonchev–Trinajstić information content (AvgIpc) is 2.88. The number of rotatable bonds is 6. The smallest absolute Gasteiger partial charge is 0.304 e. The lowest BCUT2D eigenvalue weighted by molar-refractivity contribution is -0.387. The third-order valence-electron chi connectivity index (χ3n) is 5.68. The fourth-order valence-electron chi connectivity index (χ4n) is 3.87. The zero-order valence-corrected chi connectivity index (χ0v) is 22.4. The van der Waals surface area contributed by atoms with Crippen LogP contribution in [0.15, 0.2) is 71.2 Å². The highest BCUT2D eigenvalue weighted by molar-refractivity contribution is 9.10. The van der Waals surface area contributed by atoms with Gasteiger partial charge in [-0.1, -0.05) is 34.1 Å². The van der Waals surface area contributed by atoms with Crippen LogP contribution in [0.25, 0.3) is 0 Å². The SMILES string of the molecule is CC(C)Nc1cc(N2CCN(C(=O)c3ccccc3)CC2)ccc1[N+](=O)[O-].O=[N+]([O-])c1ccc(Br)cc1F. The summed E-state index contributed by atoms with van der Waals surface area (Å²) in [5.41, 5.74) is 1.72. The molecule has 0 spiro atoms. The Morgan fingerprint density at radius 1 is 0.921 bits per heavy atom. The van der Waals surface area contributed by atoms with Crippen molar-refractivity contribution < 1.29 is 19.0 Å². The van der Waals surface area contributed by atoms with Gasteiger partial charge in [0.05, 0.1) is 9.85 Å². The van der Waals surface area contributed by atoms with Gasteiger partial charge >= 0.3 is 5.69 Å². The monoisotopic (exact) mass is 587 g/mol. The molecule has 1 heterocycles. The fourth-order valence-corrected chi connectivity index (χ4v) is 4.20. The largest absolute Gasteiger partial charge is 0.377 e. The molecule has 1 aliphatic heterocycles. The maximum atomic E-state index is 12.6. The molecule has 4 rings (SSSR count). The Balaban J connectivity index is 0.000000304. The van der Waals surface area contributed by atoms with Gasteiger partial charge in [-0.2, -0.15) is 4.39 Å². The first-order valence-electron chi connectivity index (χ1n) is 11.8. The summed E-state index contributed by atoms with van der Waals surface area (Å²) in [5.74, 6) is -0.787. The third kappa shape index (κ3) is 7.48. The van der Waals surface area contributed by atoms with E-state index in [2.05, 4.69) is 26.1 Å². The summed E-state index contributed by atoms with van der Waals surface area (Å²) >= 11 is 2.98. The summed E-state index contributed by atoms with van der Waals surface area (Å²) in [6.45, 7) is 6.53. The van der Waals surface area contributed by atoms with Crippen LogP contribution in [0.4, 0.5) is 27.1 Å². The van der Waals surface area contributed by atoms with Gasteiger partial charge in [0.25, 0.3) is 11.6 Å². The van der Waals surface area contributed by atoms with Gasteiger partial charge in [0, 0.05) is 60.1 Å². The second-order valence-electron chi connectivity index (χ2n) is 8.76. The second kappa shape index (κ2) is 13.0. The fraction of sp³-hybridized carbons (Fsp3) is 0.269. The predicted octanol–water partition coefficient (Wildman–Crippen LogP) is 5.87. The number of piperazine rings is 1. The molecule has 0 unspecified atom stereocenters. The quantitative estimate of drug-likeness (QED) is 0.282. The molecule has 1 amide bonds. The summed E-state index contributed by atoms with van der Waals surface area (Å²) < 4.78 is 13.1. The maximum Gasteiger partial charge on any atom is 0.304 e. The Morgan fingerprint density at radius 3 is 2.08 bits per heavy atom. The topological polar surface area (TPSA) is 122 Å². The summed E-state index contributed by atoms with van der Waals surface area (Å²) in [6, 6.07) is 18.1. The lowest BCUT2D eigenvalue weighted by Gasteiger charge is -2.36. The van der Waals surface area contributed by atoms with Crippen molar-refractivity contribution in [1.82, 2.24) is 4.90 Å². The number of halogens is 2. The van der Waals surface area contributed by atoms with E-state index >= 15 is 0 Å². The van der Waals surface area contributed by atoms with Crippen molar-refractivity contribution in [2.24, 2.45) is 0 Å². The van der Waals surface area contributed by atoms with Gasteiger partial charge in [-0.25, -0.2) is 0 Å². The van der Waals surface area contributed by atoms with Crippen LogP contribution in [0.1, 0.15) is 24.2 Å². The number of carbonyl (C=O) groups is 1. The normalized spacial score (nSPS) is 13.0. The van der Waals surface area contributed by atoms with Crippen LogP contribution in [-0.2, 0) is 0 Å². The Morgan fingerprint density at radius 2 is 1.53 bits per heavy atom. The van der Waals surface area contributed by atoms with Crippen molar-refractivity contribution in [2.45, 2.75) is 19.9 Å². The third-order valence-corrected chi connectivity index (χ3v) is 6.17. The minimum absolute atomic E-state index is 0.0427. The van der Waals surface area contributed by atoms with Gasteiger partial charge in [-0.05, 0) is 50.2 Å². The molecule has 200 valence electrons. The van der Waals surface area contributed by atoms with Gasteiger partial charge < -0.3 is 15.1 Å². The van der Waals surface area contributed by atoms with Crippen LogP contribution in [0.3, 0.4) is 0 Å². The lowest BCUT2D eigenvalue weighted by atomic mass is 10.1. The number of hydrogen-bond donors (Lipinski definition) is 1. The molecule has 0 bridgehead atoms. The van der Waals surface area contributed by atoms with E-state index in [1.54, 1.807) is 12.1 Å². The molecule has 0 saturated carbocycles. The van der Waals surface area contributed by atoms with Crippen molar-refractivity contribution in [3.63, 3.8) is 0 Å². The first-order chi connectivity index (χ1) is 18.1. The zero-order chi connectivity index (χ0) is 27.8. The van der Waals surface area contributed by atoms with Gasteiger partial charge in [-0.3, -0.25) is 25.0 Å². The average molecular weight is 588 g/mol. The first kappa shape index (κ1) is 28.5. The van der Waals surface area contributed by atoms with E-state index in [9.17, 15) is 29.4 Å². The molecular weight excluding hydrogens is 561 g/mol. The molecule has 1 aliphatic rings. The van der Waals surface area contributed by atoms with Crippen LogP contribution in [0, 0.1) is 26.0 Å².